The second-order valence-corrected chi connectivity index (χ2v) is 4.71. The van der Waals surface area contributed by atoms with Crippen LogP contribution in [0.15, 0.2) is 46.6 Å². The van der Waals surface area contributed by atoms with Gasteiger partial charge in [0.15, 0.2) is 5.60 Å². The first kappa shape index (κ1) is 10.5. The van der Waals surface area contributed by atoms with E-state index in [0.29, 0.717) is 6.61 Å². The molecule has 3 aliphatic rings. The molecule has 1 atom stereocenters. The molecule has 1 saturated heterocycles. The van der Waals surface area contributed by atoms with Gasteiger partial charge in [0.1, 0.15) is 0 Å². The zero-order valence-corrected chi connectivity index (χ0v) is 9.69. The summed E-state index contributed by atoms with van der Waals surface area (Å²) >= 11 is 0. The summed E-state index contributed by atoms with van der Waals surface area (Å²) in [6, 6.07) is 0. The van der Waals surface area contributed by atoms with E-state index in [1.165, 1.54) is 0 Å². The average molecular weight is 230 g/mol. The highest BCUT2D eigenvalue weighted by Gasteiger charge is 2.46. The number of fused-ring (bicyclic) bond motifs is 2. The Kier molecular flexibility index (Phi) is 2.13. The van der Waals surface area contributed by atoms with Crippen LogP contribution in [0.2, 0.25) is 0 Å². The Morgan fingerprint density at radius 3 is 3.12 bits per heavy atom. The Hall–Kier alpha value is -1.61. The molecule has 0 saturated carbocycles. The number of hydrogen-bond donors (Lipinski definition) is 1. The van der Waals surface area contributed by atoms with Crippen LogP contribution in [0.3, 0.4) is 0 Å². The van der Waals surface area contributed by atoms with Gasteiger partial charge >= 0.3 is 5.97 Å². The number of hydrogen-bond acceptors (Lipinski definition) is 2. The van der Waals surface area contributed by atoms with Crippen molar-refractivity contribution in [3.05, 3.63) is 46.6 Å². The SMILES string of the molecule is CC1(C(=O)O)OCCC2=CC3=CC=CCC3=C21. The molecule has 0 radical (unpaired) electrons. The number of carbonyl (C=O) groups is 1. The number of aliphatic carboxylic acids is 1. The van der Waals surface area contributed by atoms with E-state index in [-0.39, 0.29) is 0 Å². The highest BCUT2D eigenvalue weighted by atomic mass is 16.5. The van der Waals surface area contributed by atoms with E-state index in [1.54, 1.807) is 6.92 Å². The van der Waals surface area contributed by atoms with E-state index in [9.17, 15) is 9.90 Å². The van der Waals surface area contributed by atoms with E-state index < -0.39 is 11.6 Å². The highest BCUT2D eigenvalue weighted by molar-refractivity contribution is 5.86. The summed E-state index contributed by atoms with van der Waals surface area (Å²) in [6.45, 7) is 2.14. The number of carboxylic acid groups (broad SMARTS) is 1. The first-order valence-corrected chi connectivity index (χ1v) is 5.82. The second kappa shape index (κ2) is 3.44. The molecule has 0 aromatic carbocycles. The molecule has 2 aliphatic carbocycles. The van der Waals surface area contributed by atoms with Gasteiger partial charge in [-0.3, -0.25) is 0 Å². The summed E-state index contributed by atoms with van der Waals surface area (Å²) in [5.74, 6) is -0.901. The van der Waals surface area contributed by atoms with Crippen LogP contribution in [0.1, 0.15) is 19.8 Å². The van der Waals surface area contributed by atoms with Crippen LogP contribution in [-0.4, -0.2) is 23.3 Å². The van der Waals surface area contributed by atoms with Crippen LogP contribution in [-0.2, 0) is 9.53 Å². The monoisotopic (exact) mass is 230 g/mol. The van der Waals surface area contributed by atoms with E-state index in [2.05, 4.69) is 12.2 Å². The smallest absolute Gasteiger partial charge is 0.340 e. The van der Waals surface area contributed by atoms with Gasteiger partial charge in [-0.25, -0.2) is 4.79 Å². The van der Waals surface area contributed by atoms with Gasteiger partial charge in [0.05, 0.1) is 6.61 Å². The summed E-state index contributed by atoms with van der Waals surface area (Å²) in [4.78, 5) is 11.5. The van der Waals surface area contributed by atoms with Gasteiger partial charge in [-0.15, -0.1) is 0 Å². The van der Waals surface area contributed by atoms with E-state index in [1.807, 2.05) is 12.2 Å². The molecule has 3 rings (SSSR count). The highest BCUT2D eigenvalue weighted by Crippen LogP contribution is 2.45. The molecule has 0 aromatic heterocycles. The molecule has 88 valence electrons. The Balaban J connectivity index is 2.19. The molecule has 1 N–H and O–H groups in total. The molecule has 0 spiro atoms. The van der Waals surface area contributed by atoms with E-state index >= 15 is 0 Å². The average Bonchev–Trinajstić information content (AvgIpc) is 2.68. The molecule has 0 aromatic rings. The molecular weight excluding hydrogens is 216 g/mol. The largest absolute Gasteiger partial charge is 0.479 e. The number of rotatable bonds is 1. The number of carboxylic acids is 1. The third-order valence-corrected chi connectivity index (χ3v) is 3.68. The maximum Gasteiger partial charge on any atom is 0.340 e. The third kappa shape index (κ3) is 1.35. The minimum Gasteiger partial charge on any atom is -0.479 e. The Bertz CT molecular complexity index is 520. The molecule has 1 unspecified atom stereocenters. The summed E-state index contributed by atoms with van der Waals surface area (Å²) in [7, 11) is 0. The predicted molar refractivity (Wildman–Crippen MR) is 63.6 cm³/mol. The summed E-state index contributed by atoms with van der Waals surface area (Å²) < 4.78 is 5.54. The molecular formula is C14H14O3. The van der Waals surface area contributed by atoms with E-state index in [4.69, 9.17) is 4.74 Å². The molecule has 17 heavy (non-hydrogen) atoms. The minimum absolute atomic E-state index is 0.478. The zero-order chi connectivity index (χ0) is 12.0. The first-order valence-electron chi connectivity index (χ1n) is 5.82. The summed E-state index contributed by atoms with van der Waals surface area (Å²) in [6.07, 6.45) is 9.83. The molecule has 1 heterocycles. The Morgan fingerprint density at radius 1 is 1.53 bits per heavy atom. The third-order valence-electron chi connectivity index (χ3n) is 3.68. The molecule has 1 aliphatic heterocycles. The van der Waals surface area contributed by atoms with Crippen LogP contribution in [0.5, 0.6) is 0 Å². The van der Waals surface area contributed by atoms with Crippen LogP contribution in [0, 0.1) is 0 Å². The Morgan fingerprint density at radius 2 is 2.35 bits per heavy atom. The predicted octanol–water partition coefficient (Wildman–Crippen LogP) is 2.37. The molecule has 0 bridgehead atoms. The summed E-state index contributed by atoms with van der Waals surface area (Å²) in [5.41, 5.74) is 3.10. The van der Waals surface area contributed by atoms with Crippen molar-refractivity contribution in [3.63, 3.8) is 0 Å². The van der Waals surface area contributed by atoms with Crippen molar-refractivity contribution >= 4 is 5.97 Å². The lowest BCUT2D eigenvalue weighted by Crippen LogP contribution is -2.44. The van der Waals surface area contributed by atoms with Crippen LogP contribution in [0.25, 0.3) is 0 Å². The quantitative estimate of drug-likeness (QED) is 0.752. The molecule has 0 amide bonds. The van der Waals surface area contributed by atoms with E-state index in [0.717, 1.165) is 35.1 Å². The van der Waals surface area contributed by atoms with Crippen LogP contribution in [0.4, 0.5) is 0 Å². The van der Waals surface area contributed by atoms with Crippen molar-refractivity contribution in [1.29, 1.82) is 0 Å². The minimum atomic E-state index is -1.18. The normalized spacial score (nSPS) is 30.6. The lowest BCUT2D eigenvalue weighted by atomic mass is 9.83. The van der Waals surface area contributed by atoms with Crippen LogP contribution >= 0.6 is 0 Å². The van der Waals surface area contributed by atoms with Gasteiger partial charge in [-0.1, -0.05) is 24.3 Å². The van der Waals surface area contributed by atoms with Crippen molar-refractivity contribution in [1.82, 2.24) is 0 Å². The molecule has 3 heteroatoms. The van der Waals surface area contributed by atoms with Gasteiger partial charge < -0.3 is 9.84 Å². The van der Waals surface area contributed by atoms with Crippen molar-refractivity contribution < 1.29 is 14.6 Å². The molecule has 1 fully saturated rings. The fourth-order valence-corrected chi connectivity index (χ4v) is 2.81. The Labute approximate surface area is 99.8 Å². The maximum atomic E-state index is 11.5. The van der Waals surface area contributed by atoms with Crippen molar-refractivity contribution in [2.45, 2.75) is 25.4 Å². The molecule has 3 nitrogen and oxygen atoms in total. The van der Waals surface area contributed by atoms with Gasteiger partial charge in [0.2, 0.25) is 0 Å². The topological polar surface area (TPSA) is 46.5 Å². The fraction of sp³-hybridized carbons (Fsp3) is 0.357. The van der Waals surface area contributed by atoms with Crippen LogP contribution < -0.4 is 0 Å². The van der Waals surface area contributed by atoms with Crippen molar-refractivity contribution in [2.24, 2.45) is 0 Å². The van der Waals surface area contributed by atoms with Gasteiger partial charge in [-0.05, 0) is 36.5 Å². The lowest BCUT2D eigenvalue weighted by molar-refractivity contribution is -0.159. The lowest BCUT2D eigenvalue weighted by Gasteiger charge is -2.34. The van der Waals surface area contributed by atoms with Gasteiger partial charge in [0.25, 0.3) is 0 Å². The standard InChI is InChI=1S/C14H14O3/c1-14(13(15)16)12-10(6-7-17-14)8-9-4-2-3-5-11(9)12/h2-4,8H,5-7H2,1H3,(H,15,16). The maximum absolute atomic E-state index is 11.5. The fourth-order valence-electron chi connectivity index (χ4n) is 2.81. The van der Waals surface area contributed by atoms with Gasteiger partial charge in [-0.2, -0.15) is 0 Å². The zero-order valence-electron chi connectivity index (χ0n) is 9.69. The number of ether oxygens (including phenoxy) is 1. The summed E-state index contributed by atoms with van der Waals surface area (Å²) in [5, 5.41) is 9.41. The number of allylic oxidation sites excluding steroid dienone is 6. The van der Waals surface area contributed by atoms with Crippen molar-refractivity contribution in [2.75, 3.05) is 6.61 Å². The van der Waals surface area contributed by atoms with Gasteiger partial charge in [0, 0.05) is 5.57 Å². The van der Waals surface area contributed by atoms with Crippen molar-refractivity contribution in [3.8, 4) is 0 Å². The second-order valence-electron chi connectivity index (χ2n) is 4.71. The first-order chi connectivity index (χ1) is 8.13.